The number of likely N-dealkylation sites (tertiary alicyclic amines) is 1. The molecule has 41 heavy (non-hydrogen) atoms. The number of carboxylic acids is 2. The molecule has 0 bridgehead atoms. The fourth-order valence-electron chi connectivity index (χ4n) is 3.62. The Morgan fingerprint density at radius 1 is 0.951 bits per heavy atom. The van der Waals surface area contributed by atoms with Gasteiger partial charge >= 0.3 is 24.3 Å². The number of benzene rings is 2. The van der Waals surface area contributed by atoms with Gasteiger partial charge in [0.15, 0.2) is 0 Å². The van der Waals surface area contributed by atoms with Crippen molar-refractivity contribution in [2.24, 2.45) is 5.73 Å². The second-order valence-electron chi connectivity index (χ2n) is 8.91. The molecular weight excluding hydrogens is 564 g/mol. The predicted octanol–water partition coefficient (Wildman–Crippen LogP) is 3.57. The summed E-state index contributed by atoms with van der Waals surface area (Å²) in [7, 11) is 2.18. The smallest absolute Gasteiger partial charge is 0.475 e. The van der Waals surface area contributed by atoms with E-state index in [0.29, 0.717) is 17.1 Å². The van der Waals surface area contributed by atoms with Gasteiger partial charge in [0, 0.05) is 24.2 Å². The van der Waals surface area contributed by atoms with E-state index in [4.69, 9.17) is 25.5 Å². The third-order valence-corrected chi connectivity index (χ3v) is 5.80. The van der Waals surface area contributed by atoms with Gasteiger partial charge in [0.25, 0.3) is 5.91 Å². The molecule has 1 aliphatic rings. The minimum Gasteiger partial charge on any atom is -0.475 e. The molecule has 1 aliphatic heterocycles. The maximum Gasteiger partial charge on any atom is 0.490 e. The number of hydrogen-bond acceptors (Lipinski definition) is 6. The van der Waals surface area contributed by atoms with Crippen LogP contribution in [0.5, 0.6) is 0 Å². The monoisotopic (exact) mass is 591 g/mol. The molecule has 2 heterocycles. The normalized spacial score (nSPS) is 14.4. The van der Waals surface area contributed by atoms with Crippen LogP contribution in [0, 0.1) is 0 Å². The molecule has 0 unspecified atom stereocenters. The molecule has 1 aromatic heterocycles. The van der Waals surface area contributed by atoms with Crippen LogP contribution in [0.4, 0.5) is 26.3 Å². The van der Waals surface area contributed by atoms with Crippen LogP contribution in [0.1, 0.15) is 28.8 Å². The number of rotatable bonds is 5. The SMILES string of the molecule is CN1CCC(NCc2ccc(-n3cc4cccc(C(N)=O)c4n3)cc2)CC1.O=C(O)C(F)(F)F.O=C(O)C(F)(F)F. The summed E-state index contributed by atoms with van der Waals surface area (Å²) in [5.41, 5.74) is 8.76. The first kappa shape index (κ1) is 33.0. The van der Waals surface area contributed by atoms with Crippen LogP contribution in [-0.2, 0) is 16.1 Å². The van der Waals surface area contributed by atoms with Crippen LogP contribution in [0.15, 0.2) is 48.7 Å². The van der Waals surface area contributed by atoms with Crippen molar-refractivity contribution in [2.45, 2.75) is 37.8 Å². The van der Waals surface area contributed by atoms with Crippen LogP contribution in [-0.4, -0.2) is 81.3 Å². The number of carbonyl (C=O) groups is 3. The number of primary amides is 1. The van der Waals surface area contributed by atoms with Crippen molar-refractivity contribution >= 4 is 28.7 Å². The van der Waals surface area contributed by atoms with Crippen molar-refractivity contribution in [3.8, 4) is 5.69 Å². The van der Waals surface area contributed by atoms with Crippen molar-refractivity contribution in [1.82, 2.24) is 20.0 Å². The fourth-order valence-corrected chi connectivity index (χ4v) is 3.62. The molecule has 10 nitrogen and oxygen atoms in total. The number of hydrogen-bond donors (Lipinski definition) is 4. The van der Waals surface area contributed by atoms with Crippen LogP contribution in [0.3, 0.4) is 0 Å². The van der Waals surface area contributed by atoms with E-state index in [9.17, 15) is 31.1 Å². The van der Waals surface area contributed by atoms with Gasteiger partial charge in [-0.15, -0.1) is 0 Å². The number of piperidine rings is 1. The van der Waals surface area contributed by atoms with Crippen LogP contribution in [0.2, 0.25) is 0 Å². The summed E-state index contributed by atoms with van der Waals surface area (Å²) in [6.07, 6.45) is -5.83. The molecule has 5 N–H and O–H groups in total. The molecule has 0 spiro atoms. The third kappa shape index (κ3) is 10.4. The van der Waals surface area contributed by atoms with Gasteiger partial charge < -0.3 is 26.2 Å². The molecule has 1 saturated heterocycles. The highest BCUT2D eigenvalue weighted by atomic mass is 19.4. The number of nitrogens with two attached hydrogens (primary N) is 1. The van der Waals surface area contributed by atoms with E-state index in [1.807, 2.05) is 18.3 Å². The zero-order chi connectivity index (χ0) is 31.0. The van der Waals surface area contributed by atoms with E-state index in [2.05, 4.69) is 46.6 Å². The number of nitrogens with zero attached hydrogens (tertiary/aromatic N) is 3. The molecular formula is C25H27F6N5O5. The number of fused-ring (bicyclic) bond motifs is 1. The van der Waals surface area contributed by atoms with Crippen molar-refractivity contribution in [1.29, 1.82) is 0 Å². The van der Waals surface area contributed by atoms with E-state index in [0.717, 1.165) is 30.7 Å². The number of carboxylic acid groups (broad SMARTS) is 2. The number of halogens is 6. The molecule has 2 aromatic carbocycles. The Balaban J connectivity index is 0.000000349. The average molecular weight is 592 g/mol. The lowest BCUT2D eigenvalue weighted by atomic mass is 10.1. The van der Waals surface area contributed by atoms with Crippen molar-refractivity contribution in [3.63, 3.8) is 0 Å². The second-order valence-corrected chi connectivity index (χ2v) is 8.91. The van der Waals surface area contributed by atoms with Crippen LogP contribution >= 0.6 is 0 Å². The fraction of sp³-hybridized carbons (Fsp3) is 0.360. The summed E-state index contributed by atoms with van der Waals surface area (Å²) < 4.78 is 65.3. The summed E-state index contributed by atoms with van der Waals surface area (Å²) in [6, 6.07) is 14.4. The molecule has 16 heteroatoms. The summed E-state index contributed by atoms with van der Waals surface area (Å²) in [6.45, 7) is 3.20. The van der Waals surface area contributed by atoms with Crippen LogP contribution in [0.25, 0.3) is 16.6 Å². The van der Waals surface area contributed by atoms with Gasteiger partial charge in [0.05, 0.1) is 11.3 Å². The molecule has 224 valence electrons. The van der Waals surface area contributed by atoms with E-state index >= 15 is 0 Å². The molecule has 1 amide bonds. The predicted molar refractivity (Wildman–Crippen MR) is 134 cm³/mol. The number of nitrogens with one attached hydrogen (secondary N) is 1. The highest BCUT2D eigenvalue weighted by Crippen LogP contribution is 2.20. The summed E-state index contributed by atoms with van der Waals surface area (Å²) in [5.74, 6) is -5.97. The summed E-state index contributed by atoms with van der Waals surface area (Å²) in [4.78, 5) is 31.8. The van der Waals surface area contributed by atoms with Gasteiger partial charge in [-0.1, -0.05) is 24.3 Å². The van der Waals surface area contributed by atoms with Crippen molar-refractivity contribution in [2.75, 3.05) is 20.1 Å². The lowest BCUT2D eigenvalue weighted by molar-refractivity contribution is -0.193. The molecule has 0 aliphatic carbocycles. The van der Waals surface area contributed by atoms with Gasteiger partial charge in [-0.2, -0.15) is 31.4 Å². The van der Waals surface area contributed by atoms with E-state index in [1.54, 1.807) is 10.7 Å². The van der Waals surface area contributed by atoms with Gasteiger partial charge in [-0.05, 0) is 56.7 Å². The maximum absolute atomic E-state index is 11.6. The number of alkyl halides is 6. The molecule has 4 rings (SSSR count). The van der Waals surface area contributed by atoms with Gasteiger partial charge in [0.2, 0.25) is 0 Å². The number of aromatic nitrogens is 2. The number of amides is 1. The lowest BCUT2D eigenvalue weighted by Gasteiger charge is -2.29. The Morgan fingerprint density at radius 3 is 1.93 bits per heavy atom. The number of aliphatic carboxylic acids is 2. The van der Waals surface area contributed by atoms with E-state index < -0.39 is 30.2 Å². The van der Waals surface area contributed by atoms with Gasteiger partial charge in [-0.3, -0.25) is 4.79 Å². The highest BCUT2D eigenvalue weighted by molar-refractivity contribution is 6.04. The Labute approximate surface area is 229 Å². The zero-order valence-corrected chi connectivity index (χ0v) is 21.5. The summed E-state index contributed by atoms with van der Waals surface area (Å²) in [5, 5.41) is 23.4. The molecule has 0 saturated carbocycles. The minimum atomic E-state index is -5.08. The van der Waals surface area contributed by atoms with Crippen molar-refractivity contribution < 1.29 is 50.9 Å². The standard InChI is InChI=1S/C21H25N5O.2C2HF3O2/c1-25-11-9-17(10-12-25)23-13-15-5-7-18(8-6-15)26-14-16-3-2-4-19(21(22)27)20(16)24-26;2*3-2(4,5)1(6)7/h2-8,14,17,23H,9-13H2,1H3,(H2,22,27);2*(H,6,7). The number of carbonyl (C=O) groups excluding carboxylic acids is 1. The van der Waals surface area contributed by atoms with Gasteiger partial charge in [-0.25, -0.2) is 14.3 Å². The zero-order valence-electron chi connectivity index (χ0n) is 21.5. The molecule has 1 fully saturated rings. The first-order valence-electron chi connectivity index (χ1n) is 11.9. The Kier molecular flexibility index (Phi) is 11.2. The molecule has 3 aromatic rings. The van der Waals surface area contributed by atoms with Gasteiger partial charge in [0.1, 0.15) is 5.52 Å². The summed E-state index contributed by atoms with van der Waals surface area (Å²) >= 11 is 0. The maximum atomic E-state index is 11.6. The molecule has 0 atom stereocenters. The first-order chi connectivity index (χ1) is 19.0. The average Bonchev–Trinajstić information content (AvgIpc) is 3.33. The second kappa shape index (κ2) is 13.9. The van der Waals surface area contributed by atoms with Crippen molar-refractivity contribution in [3.05, 3.63) is 59.8 Å². The molecule has 0 radical (unpaired) electrons. The highest BCUT2D eigenvalue weighted by Gasteiger charge is 2.38. The van der Waals surface area contributed by atoms with E-state index in [1.165, 1.54) is 18.4 Å². The third-order valence-electron chi connectivity index (χ3n) is 5.80. The van der Waals surface area contributed by atoms with E-state index in [-0.39, 0.29) is 0 Å². The minimum absolute atomic E-state index is 0.449. The first-order valence-corrected chi connectivity index (χ1v) is 11.9. The van der Waals surface area contributed by atoms with Crippen LogP contribution < -0.4 is 11.1 Å². The lowest BCUT2D eigenvalue weighted by Crippen LogP contribution is -2.40. The Bertz CT molecular complexity index is 1310. The Hall–Kier alpha value is -4.18. The largest absolute Gasteiger partial charge is 0.490 e. The topological polar surface area (TPSA) is 151 Å². The quantitative estimate of drug-likeness (QED) is 0.329. The Morgan fingerprint density at radius 2 is 1.46 bits per heavy atom.